The Bertz CT molecular complexity index is 1410. The first-order valence-electron chi connectivity index (χ1n) is 13.2. The number of carboxylic acids is 1. The first-order valence-corrected chi connectivity index (χ1v) is 13.2. The lowest BCUT2D eigenvalue weighted by Gasteiger charge is -2.28. The molecule has 206 valence electrons. The molecule has 0 radical (unpaired) electrons. The number of nitriles is 1. The Morgan fingerprint density at radius 3 is 2.40 bits per heavy atom. The van der Waals surface area contributed by atoms with Crippen molar-refractivity contribution >= 4 is 11.5 Å². The van der Waals surface area contributed by atoms with Gasteiger partial charge in [-0.05, 0) is 79.8 Å². The first kappa shape index (κ1) is 28.6. The molecule has 3 aromatic rings. The highest BCUT2D eigenvalue weighted by Crippen LogP contribution is 2.34. The van der Waals surface area contributed by atoms with E-state index < -0.39 is 17.5 Å². The summed E-state index contributed by atoms with van der Waals surface area (Å²) in [5, 5.41) is 32.7. The second-order valence-corrected chi connectivity index (χ2v) is 10.6. The third-order valence-corrected chi connectivity index (χ3v) is 6.75. The maximum atomic E-state index is 11.5. The quantitative estimate of drug-likeness (QED) is 0.268. The number of β-amino-alcohol motifs (C(OH)–C–C–N with tert-alkyl or cyclic N) is 1. The van der Waals surface area contributed by atoms with Crippen LogP contribution in [0.1, 0.15) is 31.4 Å². The number of ether oxygens (including phenoxy) is 2. The molecule has 0 aromatic heterocycles. The van der Waals surface area contributed by atoms with Gasteiger partial charge >= 0.3 is 5.97 Å². The summed E-state index contributed by atoms with van der Waals surface area (Å²) in [6.45, 7) is 4.66. The van der Waals surface area contributed by atoms with E-state index >= 15 is 0 Å². The predicted octanol–water partition coefficient (Wildman–Crippen LogP) is 5.77. The molecule has 0 spiro atoms. The Morgan fingerprint density at radius 1 is 1.05 bits per heavy atom. The second-order valence-electron chi connectivity index (χ2n) is 10.6. The Balaban J connectivity index is 1.24. The van der Waals surface area contributed by atoms with Crippen LogP contribution in [0.3, 0.4) is 0 Å². The molecule has 1 aliphatic carbocycles. The molecule has 0 heterocycles. The monoisotopic (exact) mass is 538 g/mol. The third-order valence-electron chi connectivity index (χ3n) is 6.75. The molecule has 0 aliphatic heterocycles. The van der Waals surface area contributed by atoms with E-state index in [9.17, 15) is 20.3 Å². The van der Waals surface area contributed by atoms with Crippen LogP contribution in [0.25, 0.3) is 5.57 Å². The van der Waals surface area contributed by atoms with Gasteiger partial charge < -0.3 is 25.0 Å². The van der Waals surface area contributed by atoms with Gasteiger partial charge in [-0.1, -0.05) is 60.7 Å². The van der Waals surface area contributed by atoms with Gasteiger partial charge in [-0.25, -0.2) is 0 Å². The van der Waals surface area contributed by atoms with Crippen molar-refractivity contribution in [2.75, 3.05) is 13.2 Å². The number of allylic oxidation sites excluding steroid dienone is 3. The molecule has 3 aromatic carbocycles. The fourth-order valence-corrected chi connectivity index (χ4v) is 4.43. The minimum atomic E-state index is -1.53. The molecule has 2 atom stereocenters. The number of carbonyl (C=O) groups is 1. The van der Waals surface area contributed by atoms with Crippen molar-refractivity contribution in [1.29, 1.82) is 5.26 Å². The van der Waals surface area contributed by atoms with Crippen LogP contribution in [-0.4, -0.2) is 41.0 Å². The molecule has 3 N–H and O–H groups in total. The van der Waals surface area contributed by atoms with E-state index in [2.05, 4.69) is 19.2 Å². The molecule has 1 aliphatic rings. The normalized spacial score (nSPS) is 17.4. The smallest absolute Gasteiger partial charge is 0.328 e. The summed E-state index contributed by atoms with van der Waals surface area (Å²) < 4.78 is 11.7. The Hall–Kier alpha value is -4.38. The zero-order valence-corrected chi connectivity index (χ0v) is 22.7. The summed E-state index contributed by atoms with van der Waals surface area (Å²) in [5.41, 5.74) is 1.04. The number of nitrogens with one attached hydrogen (secondary N) is 1. The molecule has 0 saturated heterocycles. The highest BCUT2D eigenvalue weighted by atomic mass is 16.5. The van der Waals surface area contributed by atoms with E-state index in [1.54, 1.807) is 12.2 Å². The van der Waals surface area contributed by atoms with Gasteiger partial charge in [0.1, 0.15) is 30.0 Å². The lowest BCUT2D eigenvalue weighted by Crippen LogP contribution is -2.46. The van der Waals surface area contributed by atoms with Crippen molar-refractivity contribution in [3.63, 3.8) is 0 Å². The largest absolute Gasteiger partial charge is 0.491 e. The fraction of sp³-hybridized carbons (Fsp3) is 0.273. The van der Waals surface area contributed by atoms with Gasteiger partial charge in [0.25, 0.3) is 0 Å². The average Bonchev–Trinajstić information content (AvgIpc) is 2.96. The molecule has 0 fully saturated rings. The van der Waals surface area contributed by atoms with Crippen LogP contribution >= 0.6 is 0 Å². The molecular weight excluding hydrogens is 504 g/mol. The molecule has 4 rings (SSSR count). The fourth-order valence-electron chi connectivity index (χ4n) is 4.43. The highest BCUT2D eigenvalue weighted by molar-refractivity contribution is 5.85. The van der Waals surface area contributed by atoms with E-state index in [0.717, 1.165) is 34.6 Å². The number of para-hydroxylation sites is 1. The molecule has 0 saturated carbocycles. The van der Waals surface area contributed by atoms with Crippen LogP contribution < -0.4 is 14.8 Å². The number of rotatable bonds is 12. The highest BCUT2D eigenvalue weighted by Gasteiger charge is 2.36. The van der Waals surface area contributed by atoms with Crippen LogP contribution in [0.2, 0.25) is 0 Å². The Kier molecular flexibility index (Phi) is 9.05. The predicted molar refractivity (Wildman–Crippen MR) is 154 cm³/mol. The lowest BCUT2D eigenvalue weighted by molar-refractivity contribution is -0.143. The lowest BCUT2D eigenvalue weighted by atomic mass is 9.80. The number of aliphatic hydroxyl groups excluding tert-OH is 1. The SMILES string of the molecule is CC(C)(Cc1ccc(Oc2ccccc2)cc1)NC[C@@H](O)COc1cccc(C2=CCC(C#N)(C(=O)O)C=C2)c1. The zero-order valence-electron chi connectivity index (χ0n) is 22.7. The van der Waals surface area contributed by atoms with Crippen LogP contribution in [-0.2, 0) is 11.2 Å². The van der Waals surface area contributed by atoms with Gasteiger partial charge in [-0.3, -0.25) is 4.79 Å². The Labute approximate surface area is 235 Å². The summed E-state index contributed by atoms with van der Waals surface area (Å²) in [5.74, 6) is 1.02. The van der Waals surface area contributed by atoms with Crippen molar-refractivity contribution in [2.24, 2.45) is 5.41 Å². The van der Waals surface area contributed by atoms with E-state index in [1.165, 1.54) is 6.08 Å². The van der Waals surface area contributed by atoms with E-state index in [0.29, 0.717) is 12.3 Å². The summed E-state index contributed by atoms with van der Waals surface area (Å²) in [7, 11) is 0. The van der Waals surface area contributed by atoms with E-state index in [1.807, 2.05) is 84.9 Å². The first-order chi connectivity index (χ1) is 19.2. The number of benzene rings is 3. The molecule has 0 bridgehead atoms. The number of carboxylic acid groups (broad SMARTS) is 1. The number of hydrogen-bond acceptors (Lipinski definition) is 6. The average molecular weight is 539 g/mol. The minimum Gasteiger partial charge on any atom is -0.491 e. The molecule has 0 amide bonds. The van der Waals surface area contributed by atoms with Gasteiger partial charge in [-0.2, -0.15) is 5.26 Å². The van der Waals surface area contributed by atoms with Crippen LogP contribution in [0, 0.1) is 16.7 Å². The van der Waals surface area contributed by atoms with Crippen LogP contribution in [0.15, 0.2) is 97.1 Å². The third kappa shape index (κ3) is 7.60. The molecule has 1 unspecified atom stereocenters. The minimum absolute atomic E-state index is 0.0987. The summed E-state index contributed by atoms with van der Waals surface area (Å²) in [4.78, 5) is 11.5. The summed E-state index contributed by atoms with van der Waals surface area (Å²) in [6.07, 6.45) is 4.99. The zero-order chi connectivity index (χ0) is 28.6. The van der Waals surface area contributed by atoms with Crippen molar-refractivity contribution in [1.82, 2.24) is 5.32 Å². The number of hydrogen-bond donors (Lipinski definition) is 3. The van der Waals surface area contributed by atoms with Crippen molar-refractivity contribution < 1.29 is 24.5 Å². The molecule has 7 heteroatoms. The van der Waals surface area contributed by atoms with Crippen molar-refractivity contribution in [2.45, 2.75) is 38.3 Å². The maximum absolute atomic E-state index is 11.5. The van der Waals surface area contributed by atoms with Gasteiger partial charge in [-0.15, -0.1) is 0 Å². The number of aliphatic hydroxyl groups is 1. The van der Waals surface area contributed by atoms with E-state index in [4.69, 9.17) is 9.47 Å². The standard InChI is InChI=1S/C33H34N2O5/c1-32(2,20-24-11-13-29(14-12-24)40-28-8-4-3-5-9-28)35-21-27(36)22-39-30-10-6-7-26(19-30)25-15-17-33(23-34,18-16-25)31(37)38/h3-17,19,27,35-36H,18,20-22H2,1-2H3,(H,37,38)/t27-,33?/m1/s1. The topological polar surface area (TPSA) is 112 Å². The second kappa shape index (κ2) is 12.6. The van der Waals surface area contributed by atoms with Gasteiger partial charge in [0.15, 0.2) is 5.41 Å². The molecule has 40 heavy (non-hydrogen) atoms. The molecular formula is C33H34N2O5. The number of aliphatic carboxylic acids is 1. The Morgan fingerprint density at radius 2 is 1.75 bits per heavy atom. The van der Waals surface area contributed by atoms with E-state index in [-0.39, 0.29) is 18.6 Å². The van der Waals surface area contributed by atoms with Gasteiger partial charge in [0, 0.05) is 12.1 Å². The van der Waals surface area contributed by atoms with Gasteiger partial charge in [0.05, 0.1) is 6.07 Å². The molecule has 7 nitrogen and oxygen atoms in total. The van der Waals surface area contributed by atoms with Gasteiger partial charge in [0.2, 0.25) is 0 Å². The number of nitrogens with zero attached hydrogens (tertiary/aromatic N) is 1. The van der Waals surface area contributed by atoms with Crippen molar-refractivity contribution in [3.8, 4) is 23.3 Å². The van der Waals surface area contributed by atoms with Crippen molar-refractivity contribution in [3.05, 3.63) is 108 Å². The maximum Gasteiger partial charge on any atom is 0.328 e. The summed E-state index contributed by atoms with van der Waals surface area (Å²) >= 11 is 0. The van der Waals surface area contributed by atoms with Crippen LogP contribution in [0.4, 0.5) is 0 Å². The summed E-state index contributed by atoms with van der Waals surface area (Å²) in [6, 6.07) is 26.9. The van der Waals surface area contributed by atoms with Crippen LogP contribution in [0.5, 0.6) is 17.2 Å².